The highest BCUT2D eigenvalue weighted by Gasteiger charge is 2.23. The molecule has 20 heavy (non-hydrogen) atoms. The Labute approximate surface area is 121 Å². The van der Waals surface area contributed by atoms with Crippen molar-refractivity contribution in [2.24, 2.45) is 5.92 Å². The van der Waals surface area contributed by atoms with E-state index in [2.05, 4.69) is 18.7 Å². The average molecular weight is 275 g/mol. The molecule has 0 saturated carbocycles. The number of amides is 1. The average Bonchev–Trinajstić information content (AvgIpc) is 2.38. The molecule has 1 aliphatic heterocycles. The van der Waals surface area contributed by atoms with Crippen LogP contribution in [0.4, 0.5) is 5.69 Å². The highest BCUT2D eigenvalue weighted by atomic mass is 16.2. The van der Waals surface area contributed by atoms with Crippen molar-refractivity contribution >= 4 is 11.6 Å². The monoisotopic (exact) mass is 275 g/mol. The molecule has 0 spiro atoms. The number of piperazine rings is 1. The van der Waals surface area contributed by atoms with Gasteiger partial charge in [-0.1, -0.05) is 19.9 Å². The highest BCUT2D eigenvalue weighted by molar-refractivity contribution is 5.99. The molecule has 0 aliphatic carbocycles. The van der Waals surface area contributed by atoms with Gasteiger partial charge in [-0.2, -0.15) is 0 Å². The predicted molar refractivity (Wildman–Crippen MR) is 82.8 cm³/mol. The minimum Gasteiger partial charge on any atom is -0.398 e. The van der Waals surface area contributed by atoms with Crippen molar-refractivity contribution in [1.82, 2.24) is 9.80 Å². The van der Waals surface area contributed by atoms with Gasteiger partial charge in [-0.3, -0.25) is 9.69 Å². The van der Waals surface area contributed by atoms with E-state index in [0.717, 1.165) is 38.3 Å². The van der Waals surface area contributed by atoms with E-state index in [4.69, 9.17) is 5.73 Å². The van der Waals surface area contributed by atoms with Gasteiger partial charge in [0.2, 0.25) is 0 Å². The molecule has 1 aliphatic rings. The molecule has 1 amide bonds. The summed E-state index contributed by atoms with van der Waals surface area (Å²) in [6.45, 7) is 11.0. The van der Waals surface area contributed by atoms with Gasteiger partial charge in [0.15, 0.2) is 0 Å². The van der Waals surface area contributed by atoms with Gasteiger partial charge < -0.3 is 10.6 Å². The molecule has 1 saturated heterocycles. The fourth-order valence-corrected chi connectivity index (χ4v) is 2.70. The molecule has 0 radical (unpaired) electrons. The molecule has 0 aromatic heterocycles. The number of nitrogens with zero attached hydrogens (tertiary/aromatic N) is 2. The first-order valence-corrected chi connectivity index (χ1v) is 7.35. The molecule has 1 heterocycles. The van der Waals surface area contributed by atoms with E-state index in [1.807, 2.05) is 30.0 Å². The largest absolute Gasteiger partial charge is 0.398 e. The number of aryl methyl sites for hydroxylation is 1. The van der Waals surface area contributed by atoms with Crippen molar-refractivity contribution < 1.29 is 4.79 Å². The van der Waals surface area contributed by atoms with Crippen LogP contribution in [0.2, 0.25) is 0 Å². The third kappa shape index (κ3) is 3.51. The molecule has 1 fully saturated rings. The van der Waals surface area contributed by atoms with Crippen LogP contribution < -0.4 is 5.73 Å². The fourth-order valence-electron chi connectivity index (χ4n) is 2.70. The molecule has 1 aromatic carbocycles. The molecule has 2 rings (SSSR count). The summed E-state index contributed by atoms with van der Waals surface area (Å²) in [6.07, 6.45) is 0. The van der Waals surface area contributed by atoms with Crippen molar-refractivity contribution in [1.29, 1.82) is 0 Å². The van der Waals surface area contributed by atoms with Crippen LogP contribution in [0.25, 0.3) is 0 Å². The van der Waals surface area contributed by atoms with Crippen LogP contribution in [-0.4, -0.2) is 48.4 Å². The molecule has 4 heteroatoms. The molecule has 110 valence electrons. The first-order chi connectivity index (χ1) is 9.47. The Hall–Kier alpha value is -1.55. The number of anilines is 1. The lowest BCUT2D eigenvalue weighted by molar-refractivity contribution is 0.0625. The zero-order valence-electron chi connectivity index (χ0n) is 12.7. The van der Waals surface area contributed by atoms with E-state index >= 15 is 0 Å². The van der Waals surface area contributed by atoms with Gasteiger partial charge in [0, 0.05) is 38.4 Å². The Kier molecular flexibility index (Phi) is 4.65. The summed E-state index contributed by atoms with van der Waals surface area (Å²) < 4.78 is 0. The van der Waals surface area contributed by atoms with Crippen LogP contribution >= 0.6 is 0 Å². The molecule has 2 N–H and O–H groups in total. The zero-order valence-corrected chi connectivity index (χ0v) is 12.7. The second-order valence-corrected chi connectivity index (χ2v) is 6.08. The summed E-state index contributed by atoms with van der Waals surface area (Å²) in [5, 5.41) is 0. The van der Waals surface area contributed by atoms with Crippen LogP contribution in [0.5, 0.6) is 0 Å². The minimum absolute atomic E-state index is 0.0618. The second kappa shape index (κ2) is 6.27. The zero-order chi connectivity index (χ0) is 14.7. The Morgan fingerprint density at radius 3 is 2.45 bits per heavy atom. The number of hydrogen-bond acceptors (Lipinski definition) is 3. The first-order valence-electron chi connectivity index (χ1n) is 7.35. The van der Waals surface area contributed by atoms with E-state index in [0.29, 0.717) is 17.2 Å². The van der Waals surface area contributed by atoms with Crippen molar-refractivity contribution in [3.63, 3.8) is 0 Å². The standard InChI is InChI=1S/C16H25N3O/c1-12(2)11-18-6-8-19(9-7-18)16(20)14-5-4-13(3)10-15(14)17/h4-5,10,12H,6-9,11,17H2,1-3H3. The van der Waals surface area contributed by atoms with Gasteiger partial charge in [0.25, 0.3) is 5.91 Å². The van der Waals surface area contributed by atoms with Crippen molar-refractivity contribution in [2.45, 2.75) is 20.8 Å². The number of nitrogen functional groups attached to an aromatic ring is 1. The van der Waals surface area contributed by atoms with Crippen molar-refractivity contribution in [3.05, 3.63) is 29.3 Å². The topological polar surface area (TPSA) is 49.6 Å². The number of benzene rings is 1. The minimum atomic E-state index is 0.0618. The third-order valence-corrected chi connectivity index (χ3v) is 3.72. The van der Waals surface area contributed by atoms with Crippen molar-refractivity contribution in [2.75, 3.05) is 38.5 Å². The number of nitrogens with two attached hydrogens (primary N) is 1. The molecule has 4 nitrogen and oxygen atoms in total. The highest BCUT2D eigenvalue weighted by Crippen LogP contribution is 2.17. The van der Waals surface area contributed by atoms with Gasteiger partial charge in [-0.05, 0) is 30.5 Å². The first kappa shape index (κ1) is 14.9. The van der Waals surface area contributed by atoms with E-state index in [1.165, 1.54) is 0 Å². The molecule has 0 unspecified atom stereocenters. The maximum absolute atomic E-state index is 12.5. The summed E-state index contributed by atoms with van der Waals surface area (Å²) in [5.74, 6) is 0.733. The molecule has 1 aromatic rings. The summed E-state index contributed by atoms with van der Waals surface area (Å²) in [6, 6.07) is 5.65. The number of rotatable bonds is 3. The van der Waals surface area contributed by atoms with Crippen molar-refractivity contribution in [3.8, 4) is 0 Å². The molecular weight excluding hydrogens is 250 g/mol. The lowest BCUT2D eigenvalue weighted by atomic mass is 10.1. The molecular formula is C16H25N3O. The van der Waals surface area contributed by atoms with Gasteiger partial charge >= 0.3 is 0 Å². The van der Waals surface area contributed by atoms with Gasteiger partial charge in [-0.15, -0.1) is 0 Å². The van der Waals surface area contributed by atoms with E-state index in [1.54, 1.807) is 0 Å². The lowest BCUT2D eigenvalue weighted by Gasteiger charge is -2.35. The number of carbonyl (C=O) groups is 1. The number of carbonyl (C=O) groups excluding carboxylic acids is 1. The summed E-state index contributed by atoms with van der Waals surface area (Å²) in [7, 11) is 0. The number of hydrogen-bond donors (Lipinski definition) is 1. The van der Waals surface area contributed by atoms with E-state index in [-0.39, 0.29) is 5.91 Å². The molecule has 0 bridgehead atoms. The van der Waals surface area contributed by atoms with E-state index in [9.17, 15) is 4.79 Å². The Balaban J connectivity index is 1.98. The predicted octanol–water partition coefficient (Wildman–Crippen LogP) is 1.99. The van der Waals surface area contributed by atoms with E-state index < -0.39 is 0 Å². The van der Waals surface area contributed by atoms with Crippen LogP contribution in [0, 0.1) is 12.8 Å². The third-order valence-electron chi connectivity index (χ3n) is 3.72. The quantitative estimate of drug-likeness (QED) is 0.858. The van der Waals surface area contributed by atoms with Gasteiger partial charge in [0.1, 0.15) is 0 Å². The SMILES string of the molecule is Cc1ccc(C(=O)N2CCN(CC(C)C)CC2)c(N)c1. The second-order valence-electron chi connectivity index (χ2n) is 6.08. The van der Waals surface area contributed by atoms with Crippen LogP contribution in [0.3, 0.4) is 0 Å². The Bertz CT molecular complexity index is 477. The van der Waals surface area contributed by atoms with Crippen LogP contribution in [0.15, 0.2) is 18.2 Å². The smallest absolute Gasteiger partial charge is 0.256 e. The molecule has 0 atom stereocenters. The Morgan fingerprint density at radius 2 is 1.90 bits per heavy atom. The lowest BCUT2D eigenvalue weighted by Crippen LogP contribution is -2.49. The van der Waals surface area contributed by atoms with Gasteiger partial charge in [-0.25, -0.2) is 0 Å². The fraction of sp³-hybridized carbons (Fsp3) is 0.562. The normalized spacial score (nSPS) is 16.7. The Morgan fingerprint density at radius 1 is 1.25 bits per heavy atom. The summed E-state index contributed by atoms with van der Waals surface area (Å²) in [5.41, 5.74) is 8.26. The summed E-state index contributed by atoms with van der Waals surface area (Å²) in [4.78, 5) is 16.8. The summed E-state index contributed by atoms with van der Waals surface area (Å²) >= 11 is 0. The van der Waals surface area contributed by atoms with Crippen LogP contribution in [-0.2, 0) is 0 Å². The maximum Gasteiger partial charge on any atom is 0.256 e. The van der Waals surface area contributed by atoms with Crippen LogP contribution in [0.1, 0.15) is 29.8 Å². The maximum atomic E-state index is 12.5. The van der Waals surface area contributed by atoms with Gasteiger partial charge in [0.05, 0.1) is 5.56 Å².